The van der Waals surface area contributed by atoms with Gasteiger partial charge in [0, 0.05) is 32.0 Å². The first-order valence-electron chi connectivity index (χ1n) is 12.5. The lowest BCUT2D eigenvalue weighted by Crippen LogP contribution is -2.34. The normalized spacial score (nSPS) is 15.8. The van der Waals surface area contributed by atoms with E-state index in [1.54, 1.807) is 30.3 Å². The highest BCUT2D eigenvalue weighted by Crippen LogP contribution is 2.33. The van der Waals surface area contributed by atoms with Crippen LogP contribution in [0.3, 0.4) is 0 Å². The predicted molar refractivity (Wildman–Crippen MR) is 149 cm³/mol. The molecule has 198 valence electrons. The Morgan fingerprint density at radius 1 is 1.13 bits per heavy atom. The van der Waals surface area contributed by atoms with E-state index in [2.05, 4.69) is 17.1 Å². The van der Waals surface area contributed by atoms with Crippen LogP contribution < -0.4 is 4.90 Å². The highest BCUT2D eigenvalue weighted by molar-refractivity contribution is 7.89. The zero-order chi connectivity index (χ0) is 26.9. The minimum Gasteiger partial charge on any atom is -0.377 e. The topological polar surface area (TPSA) is 92.7 Å². The molecule has 2 aromatic carbocycles. The fourth-order valence-electron chi connectivity index (χ4n) is 4.63. The number of pyridine rings is 1. The van der Waals surface area contributed by atoms with Gasteiger partial charge in [0.05, 0.1) is 33.5 Å². The summed E-state index contributed by atoms with van der Waals surface area (Å²) in [5, 5.41) is 0.567. The van der Waals surface area contributed by atoms with Crippen molar-refractivity contribution in [3.63, 3.8) is 0 Å². The number of amides is 1. The van der Waals surface area contributed by atoms with Crippen LogP contribution in [0.5, 0.6) is 0 Å². The highest BCUT2D eigenvalue weighted by atomic mass is 32.2. The summed E-state index contributed by atoms with van der Waals surface area (Å²) in [7, 11) is -2.15. The Morgan fingerprint density at radius 2 is 1.92 bits per heavy atom. The van der Waals surface area contributed by atoms with E-state index in [1.807, 2.05) is 32.0 Å². The molecule has 0 radical (unpaired) electrons. The number of hydrogen-bond donors (Lipinski definition) is 0. The van der Waals surface area contributed by atoms with E-state index in [-0.39, 0.29) is 23.5 Å². The maximum absolute atomic E-state index is 13.8. The Bertz CT molecular complexity index is 1550. The van der Waals surface area contributed by atoms with Gasteiger partial charge in [0.15, 0.2) is 5.13 Å². The molecule has 8 nitrogen and oxygen atoms in total. The summed E-state index contributed by atoms with van der Waals surface area (Å²) in [5.74, 6) is -0.277. The molecule has 0 spiro atoms. The highest BCUT2D eigenvalue weighted by Gasteiger charge is 2.27. The van der Waals surface area contributed by atoms with Gasteiger partial charge < -0.3 is 4.74 Å². The molecule has 1 saturated heterocycles. The van der Waals surface area contributed by atoms with Crippen molar-refractivity contribution in [2.45, 2.75) is 44.2 Å². The van der Waals surface area contributed by atoms with Crippen LogP contribution in [0.25, 0.3) is 10.2 Å². The lowest BCUT2D eigenvalue weighted by Gasteiger charge is -2.21. The van der Waals surface area contributed by atoms with Gasteiger partial charge in [-0.25, -0.2) is 13.4 Å². The SMILES string of the molecule is Cc1cc(C)c2nc(N(Cc3ccccn3)C(=O)c3ccc(S(=O)(=O)N(C)CC4CCCO4)cc3)sc2c1. The number of hydrogen-bond acceptors (Lipinski definition) is 7. The summed E-state index contributed by atoms with van der Waals surface area (Å²) < 4.78 is 34.1. The van der Waals surface area contributed by atoms with Crippen LogP contribution in [0.15, 0.2) is 65.7 Å². The van der Waals surface area contributed by atoms with Gasteiger partial charge >= 0.3 is 0 Å². The summed E-state index contributed by atoms with van der Waals surface area (Å²) in [5.41, 5.74) is 4.14. The molecule has 5 rings (SSSR count). The minimum absolute atomic E-state index is 0.0861. The van der Waals surface area contributed by atoms with Crippen LogP contribution in [0.4, 0.5) is 5.13 Å². The Labute approximate surface area is 227 Å². The van der Waals surface area contributed by atoms with Crippen LogP contribution in [-0.2, 0) is 21.3 Å². The maximum atomic E-state index is 13.8. The molecule has 4 aromatic rings. The number of carbonyl (C=O) groups excluding carboxylic acids is 1. The number of rotatable bonds is 8. The van der Waals surface area contributed by atoms with Crippen LogP contribution in [0.1, 0.15) is 40.0 Å². The second-order valence-corrected chi connectivity index (χ2v) is 12.6. The molecule has 3 heterocycles. The van der Waals surface area contributed by atoms with E-state index < -0.39 is 10.0 Å². The molecule has 1 fully saturated rings. The molecule has 0 bridgehead atoms. The number of sulfonamides is 1. The molecule has 38 heavy (non-hydrogen) atoms. The third-order valence-corrected chi connectivity index (χ3v) is 9.50. The maximum Gasteiger partial charge on any atom is 0.260 e. The zero-order valence-corrected chi connectivity index (χ0v) is 23.3. The van der Waals surface area contributed by atoms with Crippen molar-refractivity contribution >= 4 is 42.6 Å². The fraction of sp³-hybridized carbons (Fsp3) is 0.321. The number of anilines is 1. The van der Waals surface area contributed by atoms with Crippen LogP contribution in [0.2, 0.25) is 0 Å². The van der Waals surface area contributed by atoms with E-state index >= 15 is 0 Å². The molecule has 1 aliphatic rings. The number of aryl methyl sites for hydroxylation is 2. The van der Waals surface area contributed by atoms with Crippen LogP contribution in [-0.4, -0.2) is 54.9 Å². The molecule has 0 aliphatic carbocycles. The number of ether oxygens (including phenoxy) is 1. The quantitative estimate of drug-likeness (QED) is 0.308. The van der Waals surface area contributed by atoms with E-state index in [0.717, 1.165) is 39.9 Å². The molecular formula is C28H30N4O4S2. The molecule has 0 saturated carbocycles. The van der Waals surface area contributed by atoms with Crippen molar-refractivity contribution in [3.8, 4) is 0 Å². The second kappa shape index (κ2) is 10.9. The number of nitrogens with zero attached hydrogens (tertiary/aromatic N) is 4. The molecular weight excluding hydrogens is 520 g/mol. The lowest BCUT2D eigenvalue weighted by molar-refractivity contribution is 0.0978. The van der Waals surface area contributed by atoms with Crippen molar-refractivity contribution < 1.29 is 17.9 Å². The number of benzene rings is 2. The fourth-order valence-corrected chi connectivity index (χ4v) is 6.97. The summed E-state index contributed by atoms with van der Waals surface area (Å²) >= 11 is 1.45. The van der Waals surface area contributed by atoms with E-state index in [9.17, 15) is 13.2 Å². The standard InChI is InChI=1S/C28H30N4O4S2/c1-19-15-20(2)26-25(16-19)37-28(30-26)32(17-22-7-4-5-13-29-22)27(33)21-9-11-24(12-10-21)38(34,35)31(3)18-23-8-6-14-36-23/h4-5,7,9-13,15-16,23H,6,8,14,17-18H2,1-3H3. The average molecular weight is 551 g/mol. The van der Waals surface area contributed by atoms with Gasteiger partial charge in [-0.3, -0.25) is 14.7 Å². The molecule has 0 N–H and O–H groups in total. The van der Waals surface area contributed by atoms with Gasteiger partial charge in [-0.15, -0.1) is 0 Å². The third-order valence-electron chi connectivity index (χ3n) is 6.64. The minimum atomic E-state index is -3.71. The molecule has 1 unspecified atom stereocenters. The van der Waals surface area contributed by atoms with Gasteiger partial charge in [0.25, 0.3) is 5.91 Å². The monoisotopic (exact) mass is 550 g/mol. The predicted octanol–water partition coefficient (Wildman–Crippen LogP) is 4.95. The van der Waals surface area contributed by atoms with Crippen molar-refractivity contribution in [1.82, 2.24) is 14.3 Å². The third kappa shape index (κ3) is 5.49. The largest absolute Gasteiger partial charge is 0.377 e. The summed E-state index contributed by atoms with van der Waals surface area (Å²) in [6.45, 7) is 5.26. The first kappa shape index (κ1) is 26.4. The molecule has 1 aliphatic heterocycles. The van der Waals surface area contributed by atoms with Crippen molar-refractivity contribution in [3.05, 3.63) is 83.2 Å². The number of likely N-dealkylation sites (N-methyl/N-ethyl adjacent to an activating group) is 1. The van der Waals surface area contributed by atoms with E-state index in [1.165, 1.54) is 27.8 Å². The first-order chi connectivity index (χ1) is 18.2. The van der Waals surface area contributed by atoms with Crippen molar-refractivity contribution in [1.29, 1.82) is 0 Å². The van der Waals surface area contributed by atoms with Gasteiger partial charge in [-0.1, -0.05) is 23.5 Å². The lowest BCUT2D eigenvalue weighted by atomic mass is 10.1. The average Bonchev–Trinajstić information content (AvgIpc) is 3.57. The van der Waals surface area contributed by atoms with E-state index in [4.69, 9.17) is 9.72 Å². The molecule has 10 heteroatoms. The molecule has 1 atom stereocenters. The number of aromatic nitrogens is 2. The van der Waals surface area contributed by atoms with E-state index in [0.29, 0.717) is 23.8 Å². The smallest absolute Gasteiger partial charge is 0.260 e. The van der Waals surface area contributed by atoms with Gasteiger partial charge in [-0.05, 0) is 80.3 Å². The molecule has 2 aromatic heterocycles. The first-order valence-corrected chi connectivity index (χ1v) is 14.8. The Balaban J connectivity index is 1.44. The Morgan fingerprint density at radius 3 is 2.61 bits per heavy atom. The van der Waals surface area contributed by atoms with Crippen molar-refractivity contribution in [2.24, 2.45) is 0 Å². The summed E-state index contributed by atoms with van der Waals surface area (Å²) in [6, 6.07) is 15.8. The summed E-state index contributed by atoms with van der Waals surface area (Å²) in [4.78, 5) is 24.7. The number of thiazole rings is 1. The van der Waals surface area contributed by atoms with Crippen LogP contribution >= 0.6 is 11.3 Å². The van der Waals surface area contributed by atoms with Crippen LogP contribution in [0, 0.1) is 13.8 Å². The van der Waals surface area contributed by atoms with Crippen molar-refractivity contribution in [2.75, 3.05) is 25.1 Å². The Kier molecular flexibility index (Phi) is 7.58. The number of carbonyl (C=O) groups is 1. The van der Waals surface area contributed by atoms with Gasteiger partial charge in [-0.2, -0.15) is 4.31 Å². The molecule has 1 amide bonds. The van der Waals surface area contributed by atoms with Gasteiger partial charge in [0.2, 0.25) is 10.0 Å². The summed E-state index contributed by atoms with van der Waals surface area (Å²) in [6.07, 6.45) is 3.40. The number of fused-ring (bicyclic) bond motifs is 1. The van der Waals surface area contributed by atoms with Gasteiger partial charge in [0.1, 0.15) is 0 Å². The second-order valence-electron chi connectivity index (χ2n) is 9.58. The Hall–Kier alpha value is -3.18. The zero-order valence-electron chi connectivity index (χ0n) is 21.6.